The number of rotatable bonds is 5. The van der Waals surface area contributed by atoms with Crippen LogP contribution in [-0.2, 0) is 4.74 Å². The highest BCUT2D eigenvalue weighted by molar-refractivity contribution is 7.80. The summed E-state index contributed by atoms with van der Waals surface area (Å²) >= 11 is 5.79. The molecule has 148 valence electrons. The highest BCUT2D eigenvalue weighted by Gasteiger charge is 2.42. The number of para-hydroxylation sites is 1. The Bertz CT molecular complexity index is 969. The summed E-state index contributed by atoms with van der Waals surface area (Å²) < 4.78 is 8.18. The fourth-order valence-corrected chi connectivity index (χ4v) is 4.71. The molecular formula is C23H24N4OS. The number of nitrogens with zero attached hydrogens (tertiary/aromatic N) is 3. The minimum Gasteiger partial charge on any atom is -0.376 e. The lowest BCUT2D eigenvalue weighted by atomic mass is 10.0. The lowest BCUT2D eigenvalue weighted by Gasteiger charge is -2.30. The first-order chi connectivity index (χ1) is 14.3. The molecule has 1 aromatic carbocycles. The lowest BCUT2D eigenvalue weighted by Crippen LogP contribution is -2.36. The zero-order valence-corrected chi connectivity index (χ0v) is 17.0. The van der Waals surface area contributed by atoms with Crippen molar-refractivity contribution in [3.05, 3.63) is 84.4 Å². The largest absolute Gasteiger partial charge is 0.376 e. The summed E-state index contributed by atoms with van der Waals surface area (Å²) in [5, 5.41) is 4.30. The smallest absolute Gasteiger partial charge is 0.170 e. The molecule has 5 nitrogen and oxygen atoms in total. The number of thiocarbonyl (C=S) groups is 1. The Morgan fingerprint density at radius 2 is 1.93 bits per heavy atom. The van der Waals surface area contributed by atoms with Gasteiger partial charge in [-0.05, 0) is 61.5 Å². The van der Waals surface area contributed by atoms with Crippen molar-refractivity contribution in [3.8, 4) is 5.69 Å². The minimum atomic E-state index is -0.0116. The van der Waals surface area contributed by atoms with Gasteiger partial charge in [-0.1, -0.05) is 24.3 Å². The molecule has 0 amide bonds. The number of hydrogen-bond donors (Lipinski definition) is 1. The van der Waals surface area contributed by atoms with Crippen LogP contribution in [0.4, 0.5) is 0 Å². The molecule has 2 aromatic heterocycles. The van der Waals surface area contributed by atoms with Crippen LogP contribution in [0.15, 0.2) is 73.1 Å². The molecule has 2 saturated heterocycles. The lowest BCUT2D eigenvalue weighted by molar-refractivity contribution is 0.0836. The Hall–Kier alpha value is -2.70. The number of hydrogen-bond acceptors (Lipinski definition) is 3. The third kappa shape index (κ3) is 3.54. The Kier molecular flexibility index (Phi) is 5.04. The topological polar surface area (TPSA) is 42.3 Å². The van der Waals surface area contributed by atoms with Gasteiger partial charge in [0.25, 0.3) is 0 Å². The van der Waals surface area contributed by atoms with Crippen LogP contribution in [0, 0.1) is 0 Å². The van der Waals surface area contributed by atoms with E-state index in [9.17, 15) is 0 Å². The van der Waals surface area contributed by atoms with Gasteiger partial charge in [0.15, 0.2) is 5.11 Å². The molecule has 0 radical (unpaired) electrons. The first kappa shape index (κ1) is 18.3. The van der Waals surface area contributed by atoms with E-state index in [0.29, 0.717) is 0 Å². The summed E-state index contributed by atoms with van der Waals surface area (Å²) in [5.41, 5.74) is 3.33. The fourth-order valence-electron chi connectivity index (χ4n) is 4.39. The predicted molar refractivity (Wildman–Crippen MR) is 117 cm³/mol. The van der Waals surface area contributed by atoms with Gasteiger partial charge in [0.2, 0.25) is 0 Å². The molecule has 0 unspecified atom stereocenters. The minimum absolute atomic E-state index is 0.0116. The Morgan fingerprint density at radius 1 is 1.07 bits per heavy atom. The van der Waals surface area contributed by atoms with Crippen molar-refractivity contribution in [1.82, 2.24) is 19.8 Å². The van der Waals surface area contributed by atoms with Crippen molar-refractivity contribution < 1.29 is 4.74 Å². The second-order valence-corrected chi connectivity index (χ2v) is 7.94. The maximum atomic E-state index is 5.93. The zero-order chi connectivity index (χ0) is 19.6. The van der Waals surface area contributed by atoms with Gasteiger partial charge in [-0.2, -0.15) is 0 Å². The summed E-state index contributed by atoms with van der Waals surface area (Å²) in [5.74, 6) is 0. The fraction of sp³-hybridized carbons (Fsp3) is 0.304. The van der Waals surface area contributed by atoms with E-state index >= 15 is 0 Å². The molecule has 0 aliphatic carbocycles. The number of pyridine rings is 1. The van der Waals surface area contributed by atoms with E-state index in [1.54, 1.807) is 0 Å². The Labute approximate surface area is 176 Å². The van der Waals surface area contributed by atoms with Crippen molar-refractivity contribution in [3.63, 3.8) is 0 Å². The second kappa shape index (κ2) is 7.97. The van der Waals surface area contributed by atoms with E-state index in [2.05, 4.69) is 68.4 Å². The Morgan fingerprint density at radius 3 is 2.69 bits per heavy atom. The van der Waals surface area contributed by atoms with Crippen LogP contribution in [-0.4, -0.2) is 38.8 Å². The van der Waals surface area contributed by atoms with Crippen LogP contribution < -0.4 is 5.32 Å². The standard InChI is InChI=1S/C23H24N4OS/c29-23-25-21(19-11-4-5-13-24-19)22(27(23)16-18-10-7-15-28-18)20-12-6-14-26(20)17-8-2-1-3-9-17/h1-6,8-9,11-14,18,21-22H,7,10,15-16H2,(H,25,29)/t18-,21-,22-/m0/s1. The molecule has 5 rings (SSSR count). The van der Waals surface area contributed by atoms with Crippen LogP contribution in [0.1, 0.15) is 36.3 Å². The van der Waals surface area contributed by atoms with Crippen molar-refractivity contribution in [2.45, 2.75) is 31.0 Å². The maximum absolute atomic E-state index is 5.93. The normalized spacial score (nSPS) is 24.1. The summed E-state index contributed by atoms with van der Waals surface area (Å²) in [6.07, 6.45) is 6.38. The van der Waals surface area contributed by atoms with Crippen LogP contribution >= 0.6 is 12.2 Å². The zero-order valence-electron chi connectivity index (χ0n) is 16.1. The second-order valence-electron chi connectivity index (χ2n) is 7.55. The van der Waals surface area contributed by atoms with E-state index < -0.39 is 0 Å². The average Bonchev–Trinajstić information content (AvgIpc) is 3.51. The summed E-state index contributed by atoms with van der Waals surface area (Å²) in [6.45, 7) is 1.63. The predicted octanol–water partition coefficient (Wildman–Crippen LogP) is 4.02. The molecule has 2 aliphatic heterocycles. The molecule has 0 saturated carbocycles. The monoisotopic (exact) mass is 404 g/mol. The molecular weight excluding hydrogens is 380 g/mol. The van der Waals surface area contributed by atoms with Gasteiger partial charge in [-0.15, -0.1) is 0 Å². The highest BCUT2D eigenvalue weighted by Crippen LogP contribution is 2.40. The van der Waals surface area contributed by atoms with Gasteiger partial charge in [0.05, 0.1) is 23.9 Å². The van der Waals surface area contributed by atoms with Gasteiger partial charge in [0, 0.05) is 36.9 Å². The first-order valence-electron chi connectivity index (χ1n) is 10.1. The Balaban J connectivity index is 1.57. The van der Waals surface area contributed by atoms with Crippen molar-refractivity contribution in [2.24, 2.45) is 0 Å². The van der Waals surface area contributed by atoms with Crippen LogP contribution in [0.5, 0.6) is 0 Å². The van der Waals surface area contributed by atoms with Crippen LogP contribution in [0.3, 0.4) is 0 Å². The molecule has 3 aromatic rings. The summed E-state index contributed by atoms with van der Waals surface area (Å²) in [6, 6.07) is 20.8. The van der Waals surface area contributed by atoms with Crippen molar-refractivity contribution in [1.29, 1.82) is 0 Å². The van der Waals surface area contributed by atoms with E-state index in [1.807, 2.05) is 24.4 Å². The SMILES string of the molecule is S=C1N[C@@H](c2ccccn2)[C@H](c2cccn2-c2ccccc2)N1C[C@@H]1CCCO1. The number of aromatic nitrogens is 2. The molecule has 0 spiro atoms. The molecule has 2 aliphatic rings. The first-order valence-corrected chi connectivity index (χ1v) is 10.5. The van der Waals surface area contributed by atoms with Crippen molar-refractivity contribution in [2.75, 3.05) is 13.2 Å². The van der Waals surface area contributed by atoms with Crippen LogP contribution in [0.25, 0.3) is 5.69 Å². The number of benzene rings is 1. The highest BCUT2D eigenvalue weighted by atomic mass is 32.1. The molecule has 4 heterocycles. The maximum Gasteiger partial charge on any atom is 0.170 e. The quantitative estimate of drug-likeness (QED) is 0.651. The molecule has 29 heavy (non-hydrogen) atoms. The van der Waals surface area contributed by atoms with Gasteiger partial charge in [-0.25, -0.2) is 0 Å². The third-order valence-corrected chi connectivity index (χ3v) is 6.09. The van der Waals surface area contributed by atoms with Crippen molar-refractivity contribution >= 4 is 17.3 Å². The third-order valence-electron chi connectivity index (χ3n) is 5.74. The molecule has 2 fully saturated rings. The molecule has 3 atom stereocenters. The van der Waals surface area contributed by atoms with E-state index in [0.717, 1.165) is 42.5 Å². The van der Waals surface area contributed by atoms with Gasteiger partial charge in [0.1, 0.15) is 0 Å². The van der Waals surface area contributed by atoms with Gasteiger partial charge in [-0.3, -0.25) is 4.98 Å². The summed E-state index contributed by atoms with van der Waals surface area (Å²) in [7, 11) is 0. The van der Waals surface area contributed by atoms with Gasteiger partial charge < -0.3 is 19.5 Å². The van der Waals surface area contributed by atoms with E-state index in [4.69, 9.17) is 17.0 Å². The van der Waals surface area contributed by atoms with Gasteiger partial charge >= 0.3 is 0 Å². The summed E-state index contributed by atoms with van der Waals surface area (Å²) in [4.78, 5) is 6.93. The number of ether oxygens (including phenoxy) is 1. The molecule has 0 bridgehead atoms. The van der Waals surface area contributed by atoms with Crippen LogP contribution in [0.2, 0.25) is 0 Å². The number of nitrogens with one attached hydrogen (secondary N) is 1. The molecule has 1 N–H and O–H groups in total. The molecule has 6 heteroatoms. The average molecular weight is 405 g/mol. The van der Waals surface area contributed by atoms with E-state index in [-0.39, 0.29) is 18.2 Å². The van der Waals surface area contributed by atoms with E-state index in [1.165, 1.54) is 5.69 Å².